The van der Waals surface area contributed by atoms with Crippen molar-refractivity contribution in [2.45, 2.75) is 25.3 Å². The topological polar surface area (TPSA) is 24.1 Å². The van der Waals surface area contributed by atoms with Gasteiger partial charge in [0.15, 0.2) is 5.11 Å². The van der Waals surface area contributed by atoms with Gasteiger partial charge in [-0.3, -0.25) is 0 Å². The molecular weight excluding hydrogens is 180 g/mol. The lowest BCUT2D eigenvalue weighted by molar-refractivity contribution is 0.456. The van der Waals surface area contributed by atoms with E-state index in [-0.39, 0.29) is 0 Å². The zero-order chi connectivity index (χ0) is 9.00. The van der Waals surface area contributed by atoms with Gasteiger partial charge in [0.1, 0.15) is 0 Å². The van der Waals surface area contributed by atoms with E-state index in [1.165, 1.54) is 19.3 Å². The van der Waals surface area contributed by atoms with E-state index in [0.29, 0.717) is 0 Å². The number of hydrogen-bond donors (Lipinski definition) is 2. The molecule has 0 radical (unpaired) electrons. The first-order chi connectivity index (χ1) is 6.31. The smallest absolute Gasteiger partial charge is 0.166 e. The van der Waals surface area contributed by atoms with Gasteiger partial charge in [-0.25, -0.2) is 0 Å². The number of fused-ring (bicyclic) bond motifs is 5. The van der Waals surface area contributed by atoms with Crippen LogP contribution in [0.25, 0.3) is 0 Å². The van der Waals surface area contributed by atoms with E-state index in [4.69, 9.17) is 12.2 Å². The Morgan fingerprint density at radius 3 is 2.38 bits per heavy atom. The van der Waals surface area contributed by atoms with Crippen LogP contribution in [0.1, 0.15) is 19.3 Å². The van der Waals surface area contributed by atoms with Crippen LogP contribution in [0.2, 0.25) is 0 Å². The molecule has 0 aromatic rings. The van der Waals surface area contributed by atoms with Crippen LogP contribution in [0.3, 0.4) is 0 Å². The van der Waals surface area contributed by atoms with Gasteiger partial charge >= 0.3 is 0 Å². The van der Waals surface area contributed by atoms with Crippen molar-refractivity contribution in [3.05, 3.63) is 0 Å². The highest BCUT2D eigenvalue weighted by Gasteiger charge is 2.65. The first kappa shape index (κ1) is 8.04. The zero-order valence-electron chi connectivity index (χ0n) is 7.92. The summed E-state index contributed by atoms with van der Waals surface area (Å²) >= 11 is 5.12. The molecule has 0 spiro atoms. The molecule has 3 fully saturated rings. The average Bonchev–Trinajstić information content (AvgIpc) is 2.60. The first-order valence-electron chi connectivity index (χ1n) is 5.29. The summed E-state index contributed by atoms with van der Waals surface area (Å²) in [6.07, 6.45) is 4.48. The van der Waals surface area contributed by atoms with Crippen molar-refractivity contribution < 1.29 is 0 Å². The molecule has 4 unspecified atom stereocenters. The second-order valence-electron chi connectivity index (χ2n) is 4.74. The second-order valence-corrected chi connectivity index (χ2v) is 5.15. The highest BCUT2D eigenvalue weighted by Crippen LogP contribution is 2.65. The Morgan fingerprint density at radius 2 is 1.85 bits per heavy atom. The van der Waals surface area contributed by atoms with E-state index >= 15 is 0 Å². The van der Waals surface area contributed by atoms with Gasteiger partial charge in [0.2, 0.25) is 0 Å². The van der Waals surface area contributed by atoms with Gasteiger partial charge in [0.05, 0.1) is 0 Å². The van der Waals surface area contributed by atoms with Crippen LogP contribution in [0, 0.1) is 23.7 Å². The third-order valence-electron chi connectivity index (χ3n) is 4.26. The Balaban J connectivity index is 1.64. The minimum absolute atomic E-state index is 0.728. The van der Waals surface area contributed by atoms with Gasteiger partial charge in [-0.15, -0.1) is 0 Å². The van der Waals surface area contributed by atoms with E-state index in [1.54, 1.807) is 0 Å². The second kappa shape index (κ2) is 2.59. The Kier molecular flexibility index (Phi) is 1.60. The van der Waals surface area contributed by atoms with E-state index in [1.807, 2.05) is 7.05 Å². The molecule has 13 heavy (non-hydrogen) atoms. The van der Waals surface area contributed by atoms with Gasteiger partial charge in [-0.2, -0.15) is 0 Å². The number of hydrogen-bond acceptors (Lipinski definition) is 1. The molecule has 2 bridgehead atoms. The Hall–Kier alpha value is -0.310. The minimum Gasteiger partial charge on any atom is -0.366 e. The summed E-state index contributed by atoms with van der Waals surface area (Å²) < 4.78 is 0. The highest BCUT2D eigenvalue weighted by molar-refractivity contribution is 7.80. The molecular formula is C10H16N2S. The molecule has 72 valence electrons. The molecule has 3 aliphatic rings. The van der Waals surface area contributed by atoms with Crippen molar-refractivity contribution in [2.24, 2.45) is 23.7 Å². The van der Waals surface area contributed by atoms with E-state index < -0.39 is 0 Å². The lowest BCUT2D eigenvalue weighted by atomic mass is 10.0. The van der Waals surface area contributed by atoms with Crippen LogP contribution < -0.4 is 10.6 Å². The molecule has 0 amide bonds. The number of thiocarbonyl (C=S) groups is 1. The lowest BCUT2D eigenvalue weighted by Crippen LogP contribution is -2.36. The summed E-state index contributed by atoms with van der Waals surface area (Å²) in [7, 11) is 1.89. The fraction of sp³-hybridized carbons (Fsp3) is 0.900. The zero-order valence-corrected chi connectivity index (χ0v) is 8.73. The third kappa shape index (κ3) is 1.03. The molecule has 4 atom stereocenters. The summed E-state index contributed by atoms with van der Waals surface area (Å²) in [5.41, 5.74) is 0. The van der Waals surface area contributed by atoms with Crippen LogP contribution in [-0.4, -0.2) is 18.2 Å². The average molecular weight is 196 g/mol. The molecule has 3 saturated carbocycles. The minimum atomic E-state index is 0.728. The summed E-state index contributed by atoms with van der Waals surface area (Å²) in [5.74, 6) is 4.02. The van der Waals surface area contributed by atoms with Gasteiger partial charge < -0.3 is 10.6 Å². The van der Waals surface area contributed by atoms with Crippen molar-refractivity contribution in [3.63, 3.8) is 0 Å². The maximum atomic E-state index is 5.12. The SMILES string of the molecule is CNC(=S)NC1C2C3CCC(C3)C12. The molecule has 3 heteroatoms. The molecule has 0 aliphatic heterocycles. The van der Waals surface area contributed by atoms with Gasteiger partial charge in [0.25, 0.3) is 0 Å². The highest BCUT2D eigenvalue weighted by atomic mass is 32.1. The van der Waals surface area contributed by atoms with Gasteiger partial charge in [-0.1, -0.05) is 0 Å². The van der Waals surface area contributed by atoms with E-state index in [9.17, 15) is 0 Å². The third-order valence-corrected chi connectivity index (χ3v) is 4.58. The molecule has 0 aromatic heterocycles. The van der Waals surface area contributed by atoms with Crippen LogP contribution in [0.15, 0.2) is 0 Å². The predicted molar refractivity (Wildman–Crippen MR) is 56.4 cm³/mol. The fourth-order valence-electron chi connectivity index (χ4n) is 3.74. The van der Waals surface area contributed by atoms with Crippen molar-refractivity contribution in [1.29, 1.82) is 0 Å². The fourth-order valence-corrected chi connectivity index (χ4v) is 3.88. The van der Waals surface area contributed by atoms with Crippen molar-refractivity contribution >= 4 is 17.3 Å². The first-order valence-corrected chi connectivity index (χ1v) is 5.70. The van der Waals surface area contributed by atoms with Crippen molar-refractivity contribution in [1.82, 2.24) is 10.6 Å². The lowest BCUT2D eigenvalue weighted by Gasteiger charge is -2.11. The maximum absolute atomic E-state index is 5.12. The Morgan fingerprint density at radius 1 is 1.23 bits per heavy atom. The van der Waals surface area contributed by atoms with Gasteiger partial charge in [-0.05, 0) is 55.2 Å². The molecule has 0 saturated heterocycles. The molecule has 3 rings (SSSR count). The number of nitrogens with one attached hydrogen (secondary N) is 2. The summed E-state index contributed by atoms with van der Waals surface area (Å²) in [5, 5.41) is 7.25. The van der Waals surface area contributed by atoms with E-state index in [0.717, 1.165) is 34.8 Å². The molecule has 3 aliphatic carbocycles. The maximum Gasteiger partial charge on any atom is 0.166 e. The summed E-state index contributed by atoms with van der Waals surface area (Å²) in [4.78, 5) is 0. The standard InChI is InChI=1S/C10H16N2S/c1-11-10(13)12-9-7-5-2-3-6(4-5)8(7)9/h5-9H,2-4H2,1H3,(H2,11,12,13). The monoisotopic (exact) mass is 196 g/mol. The molecule has 0 aromatic carbocycles. The molecule has 0 heterocycles. The normalized spacial score (nSPS) is 50.1. The van der Waals surface area contributed by atoms with Crippen LogP contribution in [-0.2, 0) is 0 Å². The quantitative estimate of drug-likeness (QED) is 0.615. The van der Waals surface area contributed by atoms with Crippen molar-refractivity contribution in [2.75, 3.05) is 7.05 Å². The van der Waals surface area contributed by atoms with Crippen LogP contribution >= 0.6 is 12.2 Å². The molecule has 2 N–H and O–H groups in total. The van der Waals surface area contributed by atoms with Crippen molar-refractivity contribution in [3.8, 4) is 0 Å². The van der Waals surface area contributed by atoms with Gasteiger partial charge in [0, 0.05) is 13.1 Å². The van der Waals surface area contributed by atoms with E-state index in [2.05, 4.69) is 10.6 Å². The van der Waals surface area contributed by atoms with Crippen LogP contribution in [0.4, 0.5) is 0 Å². The summed E-state index contributed by atoms with van der Waals surface area (Å²) in [6.45, 7) is 0. The number of rotatable bonds is 1. The Labute approximate surface area is 84.5 Å². The largest absolute Gasteiger partial charge is 0.366 e. The predicted octanol–water partition coefficient (Wildman–Crippen LogP) is 1.12. The molecule has 2 nitrogen and oxygen atoms in total. The Bertz CT molecular complexity index is 237. The van der Waals surface area contributed by atoms with Crippen LogP contribution in [0.5, 0.6) is 0 Å². The summed E-state index contributed by atoms with van der Waals surface area (Å²) in [6, 6.07) is 0.728.